The summed E-state index contributed by atoms with van der Waals surface area (Å²) in [5, 5.41) is 38.8. The van der Waals surface area contributed by atoms with Crippen LogP contribution in [0.1, 0.15) is 26.7 Å². The maximum Gasteiger partial charge on any atom is 2.00 e. The minimum Gasteiger partial charge on any atom is -0.859 e. The molecule has 29 heavy (non-hydrogen) atoms. The molecule has 0 aromatic rings. The summed E-state index contributed by atoms with van der Waals surface area (Å²) in [5.74, 6) is -2.35. The summed E-state index contributed by atoms with van der Waals surface area (Å²) >= 11 is 0. The molecule has 2 rings (SSSR count). The number of amides is 1. The summed E-state index contributed by atoms with van der Waals surface area (Å²) in [4.78, 5) is 28.5. The summed E-state index contributed by atoms with van der Waals surface area (Å²) < 4.78 is 0. The second-order valence-corrected chi connectivity index (χ2v) is 5.12. The number of hydrogen-bond acceptors (Lipinski definition) is 6. The average Bonchev–Trinajstić information content (AvgIpc) is 2.56. The standard InChI is InChI=1S/C6H11N2O.C6H8N2O.2C2H4O2.Cu.2H2O/c2*7-6(9)5-1-3-8-4-2-5;2*1-2(3)4;;;/h5H,1-4H2,(H2,7,9);1-3,8H,4H2,(H2,7,9);2*1H3,(H,3,4);;2*1H2/q-1;;;;+2;;/p+1. The molecule has 0 aromatic carbocycles. The molecule has 1 saturated heterocycles. The van der Waals surface area contributed by atoms with Crippen LogP contribution in [0.2, 0.25) is 0 Å². The molecule has 0 atom stereocenters. The molecule has 0 aliphatic carbocycles. The van der Waals surface area contributed by atoms with E-state index in [0.717, 1.165) is 39.8 Å². The van der Waals surface area contributed by atoms with Gasteiger partial charge in [-0.1, -0.05) is 18.9 Å². The number of aliphatic carboxylic acids is 2. The van der Waals surface area contributed by atoms with Crippen LogP contribution < -0.4 is 16.2 Å². The van der Waals surface area contributed by atoms with Crippen molar-refractivity contribution in [3.05, 3.63) is 29.2 Å². The Morgan fingerprint density at radius 2 is 1.59 bits per heavy atom. The van der Waals surface area contributed by atoms with E-state index in [1.54, 1.807) is 18.4 Å². The zero-order valence-electron chi connectivity index (χ0n) is 16.4. The van der Waals surface area contributed by atoms with Crippen molar-refractivity contribution in [1.29, 1.82) is 5.41 Å². The van der Waals surface area contributed by atoms with Gasteiger partial charge in [0.2, 0.25) is 5.91 Å². The third-order valence-corrected chi connectivity index (χ3v) is 2.76. The zero-order chi connectivity index (χ0) is 20.5. The number of dihydropyridines is 1. The van der Waals surface area contributed by atoms with Crippen molar-refractivity contribution in [1.82, 2.24) is 5.32 Å². The van der Waals surface area contributed by atoms with Crippen molar-refractivity contribution >= 4 is 23.7 Å². The Hall–Kier alpha value is -2.44. The normalized spacial score (nSPS) is 13.5. The van der Waals surface area contributed by atoms with E-state index in [1.165, 1.54) is 0 Å². The topological polar surface area (TPSA) is 257 Å². The van der Waals surface area contributed by atoms with Crippen molar-refractivity contribution in [3.63, 3.8) is 0 Å². The molecule has 2 aliphatic heterocycles. The first-order valence-corrected chi connectivity index (χ1v) is 7.75. The van der Waals surface area contributed by atoms with E-state index < -0.39 is 17.8 Å². The van der Waals surface area contributed by atoms with Gasteiger partial charge in [-0.15, -0.1) is 13.1 Å². The number of primary amides is 1. The molecule has 0 spiro atoms. The van der Waals surface area contributed by atoms with Crippen molar-refractivity contribution < 1.29 is 57.7 Å². The Kier molecular flexibility index (Phi) is 30.4. The number of nitrogens with zero attached hydrogens (tertiary/aromatic N) is 1. The molecule has 12 nitrogen and oxygen atoms in total. The number of piperidine rings is 1. The first-order chi connectivity index (χ1) is 12.1. The van der Waals surface area contributed by atoms with Crippen LogP contribution in [0.3, 0.4) is 0 Å². The van der Waals surface area contributed by atoms with Crippen molar-refractivity contribution in [3.8, 4) is 0 Å². The molecule has 12 N–H and O–H groups in total. The number of carboxylic acids is 2. The SMILES string of the molecule is CC(=O)O.CC(=O)O.N=C([O-])C1=CCNC=C1.NC(=O)C1CC[N-]CC1.[Cu+2].[OH3+].[OH3+]. The van der Waals surface area contributed by atoms with Crippen LogP contribution in [0.4, 0.5) is 0 Å². The van der Waals surface area contributed by atoms with Gasteiger partial charge < -0.3 is 48.0 Å². The van der Waals surface area contributed by atoms with Crippen LogP contribution in [0.15, 0.2) is 23.9 Å². The smallest absolute Gasteiger partial charge is 0.859 e. The number of carbonyl (C=O) groups is 3. The molecule has 2 heterocycles. The Morgan fingerprint density at radius 1 is 1.17 bits per heavy atom. The molecule has 2 aliphatic rings. The van der Waals surface area contributed by atoms with Crippen molar-refractivity contribution in [2.45, 2.75) is 26.7 Å². The Morgan fingerprint density at radius 3 is 1.79 bits per heavy atom. The Labute approximate surface area is 179 Å². The van der Waals surface area contributed by atoms with Gasteiger partial charge in [0, 0.05) is 26.3 Å². The van der Waals surface area contributed by atoms with Gasteiger partial charge in [0.25, 0.3) is 11.9 Å². The number of nitrogens with two attached hydrogens (primary N) is 1. The predicted molar refractivity (Wildman–Crippen MR) is 104 cm³/mol. The minimum atomic E-state index is -0.833. The van der Waals surface area contributed by atoms with Crippen molar-refractivity contribution in [2.24, 2.45) is 11.7 Å². The summed E-state index contributed by atoms with van der Waals surface area (Å²) in [7, 11) is 0. The summed E-state index contributed by atoms with van der Waals surface area (Å²) in [6, 6.07) is 0. The van der Waals surface area contributed by atoms with Gasteiger partial charge in [0.15, 0.2) is 0 Å². The van der Waals surface area contributed by atoms with Gasteiger partial charge in [-0.25, -0.2) is 0 Å². The fourth-order valence-electron chi connectivity index (χ4n) is 1.66. The molecule has 173 valence electrons. The van der Waals surface area contributed by atoms with E-state index >= 15 is 0 Å². The van der Waals surface area contributed by atoms with Gasteiger partial charge in [-0.2, -0.15) is 0 Å². The van der Waals surface area contributed by atoms with Crippen LogP contribution in [0.5, 0.6) is 0 Å². The molecule has 0 aromatic heterocycles. The number of hydrogen-bond donors (Lipinski definition) is 5. The molecule has 13 heteroatoms. The van der Waals surface area contributed by atoms with Crippen LogP contribution in [0.25, 0.3) is 5.32 Å². The fraction of sp³-hybridized carbons (Fsp3) is 0.500. The van der Waals surface area contributed by atoms with Gasteiger partial charge in [-0.05, 0) is 23.7 Å². The minimum absolute atomic E-state index is 0. The Bertz CT molecular complexity index is 515. The first-order valence-electron chi connectivity index (χ1n) is 7.75. The number of nitrogens with one attached hydrogen (secondary N) is 2. The quantitative estimate of drug-likeness (QED) is 0.130. The monoisotopic (exact) mass is 471 g/mol. The predicted octanol–water partition coefficient (Wildman–Crippen LogP) is -2.04. The maximum atomic E-state index is 10.5. The van der Waals surface area contributed by atoms with Crippen LogP contribution in [-0.4, -0.2) is 53.6 Å². The molecule has 1 amide bonds. The average molecular weight is 472 g/mol. The maximum absolute atomic E-state index is 10.5. The number of carbonyl (C=O) groups excluding carboxylic acids is 1. The second-order valence-electron chi connectivity index (χ2n) is 5.12. The fourth-order valence-corrected chi connectivity index (χ4v) is 1.66. The number of carboxylic acid groups (broad SMARTS) is 2. The van der Waals surface area contributed by atoms with E-state index in [0.29, 0.717) is 12.1 Å². The molecular formula is C16H32CuN4O8+2. The van der Waals surface area contributed by atoms with Crippen LogP contribution >= 0.6 is 0 Å². The molecule has 0 saturated carbocycles. The van der Waals surface area contributed by atoms with Gasteiger partial charge >= 0.3 is 17.1 Å². The van der Waals surface area contributed by atoms with E-state index in [4.69, 9.17) is 30.9 Å². The molecular weight excluding hydrogens is 440 g/mol. The number of rotatable bonds is 2. The first kappa shape index (κ1) is 37.3. The van der Waals surface area contributed by atoms with Gasteiger partial charge in [0.05, 0.1) is 0 Å². The second kappa shape index (κ2) is 23.6. The summed E-state index contributed by atoms with van der Waals surface area (Å²) in [5.41, 5.74) is 5.55. The third kappa shape index (κ3) is 30.5. The van der Waals surface area contributed by atoms with Crippen molar-refractivity contribution in [2.75, 3.05) is 19.6 Å². The molecule has 0 bridgehead atoms. The summed E-state index contributed by atoms with van der Waals surface area (Å²) in [6.45, 7) is 4.44. The molecule has 1 fully saturated rings. The Balaban J connectivity index is -0.0000000912. The van der Waals surface area contributed by atoms with E-state index in [-0.39, 0.29) is 39.8 Å². The largest absolute Gasteiger partial charge is 2.00 e. The summed E-state index contributed by atoms with van der Waals surface area (Å²) in [6.07, 6.45) is 6.67. The van der Waals surface area contributed by atoms with Gasteiger partial charge in [0.1, 0.15) is 0 Å². The van der Waals surface area contributed by atoms with E-state index in [2.05, 4.69) is 10.6 Å². The third-order valence-electron chi connectivity index (χ3n) is 2.76. The molecule has 1 radical (unpaired) electrons. The van der Waals surface area contributed by atoms with E-state index in [1.807, 2.05) is 0 Å². The van der Waals surface area contributed by atoms with Crippen LogP contribution in [0, 0.1) is 11.3 Å². The zero-order valence-corrected chi connectivity index (χ0v) is 17.3. The molecule has 0 unspecified atom stereocenters. The van der Waals surface area contributed by atoms with Gasteiger partial charge in [-0.3, -0.25) is 14.4 Å². The van der Waals surface area contributed by atoms with E-state index in [9.17, 15) is 9.90 Å². The van der Waals surface area contributed by atoms with Crippen LogP contribution in [-0.2, 0) is 42.4 Å².